The topological polar surface area (TPSA) is 64.5 Å². The molecule has 3 heterocycles. The maximum atomic E-state index is 5.00. The van der Waals surface area contributed by atoms with Gasteiger partial charge in [0.15, 0.2) is 17.5 Å². The molecule has 0 spiro atoms. The minimum Gasteiger partial charge on any atom is -0.256 e. The Morgan fingerprint density at radius 1 is 0.271 bits per heavy atom. The summed E-state index contributed by atoms with van der Waals surface area (Å²) in [7, 11) is 0. The summed E-state index contributed by atoms with van der Waals surface area (Å²) in [6, 6.07) is 52.1. The lowest BCUT2D eigenvalue weighted by molar-refractivity contribution is 1.07. The van der Waals surface area contributed by atoms with Crippen LogP contribution in [0.15, 0.2) is 164 Å². The van der Waals surface area contributed by atoms with E-state index in [1.165, 1.54) is 5.39 Å². The predicted molar refractivity (Wildman–Crippen MR) is 195 cm³/mol. The summed E-state index contributed by atoms with van der Waals surface area (Å²) < 4.78 is 0. The molecule has 0 unspecified atom stereocenters. The number of nitrogens with zero attached hydrogens (tertiary/aromatic N) is 5. The SMILES string of the molecule is c1ccc2cc(-c3nc(-c4ccc(-c5cnc6ccccc6c5)cc4)nc(-c4ccc(-c5cnc6ccccc6c5)cc4)n3)ccc2c1. The van der Waals surface area contributed by atoms with Crippen molar-refractivity contribution in [3.05, 3.63) is 164 Å². The van der Waals surface area contributed by atoms with Gasteiger partial charge in [0.05, 0.1) is 11.0 Å². The van der Waals surface area contributed by atoms with E-state index in [4.69, 9.17) is 15.0 Å². The molecule has 9 aromatic rings. The first kappa shape index (κ1) is 27.7. The zero-order valence-electron chi connectivity index (χ0n) is 25.8. The van der Waals surface area contributed by atoms with Crippen molar-refractivity contribution >= 4 is 32.6 Å². The fourth-order valence-electron chi connectivity index (χ4n) is 6.17. The minimum atomic E-state index is 0.620. The normalized spacial score (nSPS) is 11.3. The van der Waals surface area contributed by atoms with Crippen molar-refractivity contribution in [2.45, 2.75) is 0 Å². The molecule has 5 heteroatoms. The number of rotatable bonds is 5. The Kier molecular flexibility index (Phi) is 6.72. The fraction of sp³-hybridized carbons (Fsp3) is 0. The highest BCUT2D eigenvalue weighted by atomic mass is 15.0. The van der Waals surface area contributed by atoms with E-state index < -0.39 is 0 Å². The van der Waals surface area contributed by atoms with Crippen LogP contribution in [0.4, 0.5) is 0 Å². The zero-order valence-corrected chi connectivity index (χ0v) is 25.8. The number of hydrogen-bond acceptors (Lipinski definition) is 5. The van der Waals surface area contributed by atoms with Crippen LogP contribution in [0, 0.1) is 0 Å². The molecule has 0 N–H and O–H groups in total. The number of fused-ring (bicyclic) bond motifs is 3. The molecular weight excluding hydrogens is 587 g/mol. The van der Waals surface area contributed by atoms with Crippen molar-refractivity contribution in [3.8, 4) is 56.4 Å². The molecule has 0 saturated carbocycles. The largest absolute Gasteiger partial charge is 0.256 e. The van der Waals surface area contributed by atoms with Gasteiger partial charge < -0.3 is 0 Å². The summed E-state index contributed by atoms with van der Waals surface area (Å²) in [5, 5.41) is 4.54. The molecule has 6 aromatic carbocycles. The molecule has 0 saturated heterocycles. The highest BCUT2D eigenvalue weighted by molar-refractivity contribution is 5.87. The number of pyridine rings is 2. The molecule has 5 nitrogen and oxygen atoms in total. The number of hydrogen-bond donors (Lipinski definition) is 0. The zero-order chi connectivity index (χ0) is 31.9. The van der Waals surface area contributed by atoms with Crippen molar-refractivity contribution in [2.24, 2.45) is 0 Å². The summed E-state index contributed by atoms with van der Waals surface area (Å²) >= 11 is 0. The lowest BCUT2D eigenvalue weighted by atomic mass is 10.0. The Labute approximate surface area is 277 Å². The summed E-state index contributed by atoms with van der Waals surface area (Å²) in [4.78, 5) is 24.3. The first-order valence-electron chi connectivity index (χ1n) is 15.9. The minimum absolute atomic E-state index is 0.620. The van der Waals surface area contributed by atoms with Gasteiger partial charge in [-0.25, -0.2) is 15.0 Å². The van der Waals surface area contributed by atoms with Crippen LogP contribution >= 0.6 is 0 Å². The van der Waals surface area contributed by atoms with E-state index in [-0.39, 0.29) is 0 Å². The molecule has 0 aliphatic carbocycles. The molecule has 0 aliphatic heterocycles. The van der Waals surface area contributed by atoms with Crippen LogP contribution < -0.4 is 0 Å². The highest BCUT2D eigenvalue weighted by Crippen LogP contribution is 2.31. The van der Waals surface area contributed by atoms with Gasteiger partial charge in [-0.15, -0.1) is 0 Å². The fourth-order valence-corrected chi connectivity index (χ4v) is 6.17. The van der Waals surface area contributed by atoms with Gasteiger partial charge >= 0.3 is 0 Å². The van der Waals surface area contributed by atoms with E-state index in [1.54, 1.807) is 0 Å². The summed E-state index contributed by atoms with van der Waals surface area (Å²) in [6.45, 7) is 0. The number of para-hydroxylation sites is 2. The van der Waals surface area contributed by atoms with Crippen LogP contribution in [0.1, 0.15) is 0 Å². The van der Waals surface area contributed by atoms with E-state index in [2.05, 4.69) is 125 Å². The summed E-state index contributed by atoms with van der Waals surface area (Å²) in [5.74, 6) is 1.87. The van der Waals surface area contributed by atoms with Gasteiger partial charge in [-0.1, -0.05) is 121 Å². The van der Waals surface area contributed by atoms with Gasteiger partial charge in [0, 0.05) is 51.0 Å². The summed E-state index contributed by atoms with van der Waals surface area (Å²) in [6.07, 6.45) is 3.85. The van der Waals surface area contributed by atoms with Gasteiger partial charge in [-0.05, 0) is 52.2 Å². The van der Waals surface area contributed by atoms with Gasteiger partial charge in [-0.3, -0.25) is 9.97 Å². The lowest BCUT2D eigenvalue weighted by Crippen LogP contribution is -2.00. The van der Waals surface area contributed by atoms with Crippen molar-refractivity contribution in [1.82, 2.24) is 24.9 Å². The van der Waals surface area contributed by atoms with E-state index in [0.717, 1.165) is 66.1 Å². The lowest BCUT2D eigenvalue weighted by Gasteiger charge is -2.10. The predicted octanol–water partition coefficient (Wildman–Crippen LogP) is 10.5. The smallest absolute Gasteiger partial charge is 0.164 e. The van der Waals surface area contributed by atoms with Crippen LogP contribution in [0.25, 0.3) is 89.0 Å². The van der Waals surface area contributed by atoms with Crippen molar-refractivity contribution in [2.75, 3.05) is 0 Å². The van der Waals surface area contributed by atoms with Crippen molar-refractivity contribution < 1.29 is 0 Å². The number of benzene rings is 6. The van der Waals surface area contributed by atoms with Gasteiger partial charge in [0.2, 0.25) is 0 Å². The molecule has 48 heavy (non-hydrogen) atoms. The Morgan fingerprint density at radius 3 is 1.17 bits per heavy atom. The third-order valence-electron chi connectivity index (χ3n) is 8.78. The maximum absolute atomic E-state index is 5.00. The van der Waals surface area contributed by atoms with E-state index >= 15 is 0 Å². The third kappa shape index (κ3) is 5.23. The van der Waals surface area contributed by atoms with E-state index in [1.807, 2.05) is 48.8 Å². The van der Waals surface area contributed by atoms with Gasteiger partial charge in [0.25, 0.3) is 0 Å². The van der Waals surface area contributed by atoms with Crippen LogP contribution in [0.5, 0.6) is 0 Å². The van der Waals surface area contributed by atoms with Gasteiger partial charge in [0.1, 0.15) is 0 Å². The first-order chi connectivity index (χ1) is 23.7. The molecule has 0 fully saturated rings. The average molecular weight is 614 g/mol. The van der Waals surface area contributed by atoms with Crippen LogP contribution in [-0.2, 0) is 0 Å². The Balaban J connectivity index is 1.11. The monoisotopic (exact) mass is 613 g/mol. The van der Waals surface area contributed by atoms with Crippen LogP contribution in [-0.4, -0.2) is 24.9 Å². The molecular formula is C43H27N5. The number of aromatic nitrogens is 5. The molecule has 224 valence electrons. The Hall–Kier alpha value is -6.59. The first-order valence-corrected chi connectivity index (χ1v) is 15.9. The summed E-state index contributed by atoms with van der Waals surface area (Å²) in [5.41, 5.74) is 9.04. The average Bonchev–Trinajstić information content (AvgIpc) is 3.17. The second kappa shape index (κ2) is 11.6. The quantitative estimate of drug-likeness (QED) is 0.193. The van der Waals surface area contributed by atoms with E-state index in [0.29, 0.717) is 17.5 Å². The standard InChI is InChI=1S/C43H27N5/c1-2-8-33-23-36(22-17-28(33)7-1)43-47-41(31-18-13-29(14-19-31)37-24-34-9-3-5-11-39(34)44-26-37)46-42(48-43)32-20-15-30(16-21-32)38-25-35-10-4-6-12-40(35)45-27-38/h1-27H. The second-order valence-corrected chi connectivity index (χ2v) is 11.9. The van der Waals surface area contributed by atoms with Crippen LogP contribution in [0.3, 0.4) is 0 Å². The Morgan fingerprint density at radius 2 is 0.646 bits per heavy atom. The molecule has 9 rings (SSSR count). The van der Waals surface area contributed by atoms with E-state index in [9.17, 15) is 0 Å². The van der Waals surface area contributed by atoms with Gasteiger partial charge in [-0.2, -0.15) is 0 Å². The molecule has 0 amide bonds. The second-order valence-electron chi connectivity index (χ2n) is 11.9. The maximum Gasteiger partial charge on any atom is 0.164 e. The molecule has 0 aliphatic rings. The molecule has 0 atom stereocenters. The van der Waals surface area contributed by atoms with Crippen LogP contribution in [0.2, 0.25) is 0 Å². The van der Waals surface area contributed by atoms with Crippen molar-refractivity contribution in [3.63, 3.8) is 0 Å². The third-order valence-corrected chi connectivity index (χ3v) is 8.78. The highest BCUT2D eigenvalue weighted by Gasteiger charge is 2.14. The molecule has 0 radical (unpaired) electrons. The molecule has 3 aromatic heterocycles. The van der Waals surface area contributed by atoms with Crippen molar-refractivity contribution in [1.29, 1.82) is 0 Å². The molecule has 0 bridgehead atoms. The Bertz CT molecular complexity index is 2470.